The quantitative estimate of drug-likeness (QED) is 0.722. The van der Waals surface area contributed by atoms with Crippen molar-refractivity contribution in [1.82, 2.24) is 0 Å². The van der Waals surface area contributed by atoms with E-state index in [0.29, 0.717) is 0 Å². The molecule has 2 N–H and O–H groups in total. The maximum atomic E-state index is 9.32. The fourth-order valence-corrected chi connectivity index (χ4v) is 1.78. The molecule has 0 amide bonds. The first-order chi connectivity index (χ1) is 11.7. The zero-order valence-corrected chi connectivity index (χ0v) is 15.8. The monoisotopic (exact) mass is 385 g/mol. The van der Waals surface area contributed by atoms with Crippen molar-refractivity contribution in [3.8, 4) is 11.5 Å². The smallest absolute Gasteiger partial charge is 0.124 e. The molecule has 0 fully saturated rings. The number of para-hydroxylation sites is 2. The maximum absolute atomic E-state index is 9.32. The Morgan fingerprint density at radius 1 is 0.720 bits per heavy atom. The van der Waals surface area contributed by atoms with Crippen molar-refractivity contribution in [2.45, 2.75) is 26.7 Å². The van der Waals surface area contributed by atoms with Crippen LogP contribution < -0.4 is 0 Å². The Bertz CT molecular complexity index is 600. The van der Waals surface area contributed by atoms with Crippen LogP contribution in [0.5, 0.6) is 11.5 Å². The van der Waals surface area contributed by atoms with Crippen LogP contribution >= 0.6 is 0 Å². The number of aliphatic imine (C=N–C) groups is 2. The van der Waals surface area contributed by atoms with E-state index in [2.05, 4.69) is 23.8 Å². The predicted octanol–water partition coefficient (Wildman–Crippen LogP) is 4.44. The number of nitrogens with zero attached hydrogens (tertiary/aromatic N) is 2. The second-order valence-corrected chi connectivity index (χ2v) is 5.19. The second-order valence-electron chi connectivity index (χ2n) is 5.19. The van der Waals surface area contributed by atoms with Crippen molar-refractivity contribution in [3.63, 3.8) is 0 Å². The number of phenols is 2. The average molecular weight is 385 g/mol. The van der Waals surface area contributed by atoms with Gasteiger partial charge in [-0.2, -0.15) is 0 Å². The van der Waals surface area contributed by atoms with E-state index in [9.17, 15) is 10.2 Å². The Hall–Kier alpha value is -2.11. The Morgan fingerprint density at radius 2 is 1.08 bits per heavy atom. The summed E-state index contributed by atoms with van der Waals surface area (Å²) in [4.78, 5) is 8.27. The molecule has 0 bridgehead atoms. The zero-order valence-electron chi connectivity index (χ0n) is 14.7. The van der Waals surface area contributed by atoms with Gasteiger partial charge in [-0.1, -0.05) is 38.1 Å². The van der Waals surface area contributed by atoms with Gasteiger partial charge in [-0.25, -0.2) is 0 Å². The number of hydrogen-bond acceptors (Lipinski definition) is 4. The molecule has 2 aromatic carbocycles. The van der Waals surface area contributed by atoms with Gasteiger partial charge in [0.1, 0.15) is 11.5 Å². The van der Waals surface area contributed by atoms with Crippen molar-refractivity contribution in [1.29, 1.82) is 0 Å². The van der Waals surface area contributed by atoms with E-state index in [1.807, 2.05) is 24.3 Å². The van der Waals surface area contributed by atoms with Crippen LogP contribution in [0.3, 0.4) is 0 Å². The number of phenolic OH excluding ortho intramolecular Hbond substituents is 2. The molecule has 0 aromatic heterocycles. The summed E-state index contributed by atoms with van der Waals surface area (Å²) in [5, 5.41) is 18.6. The van der Waals surface area contributed by atoms with Crippen LogP contribution in [-0.4, -0.2) is 35.7 Å². The van der Waals surface area contributed by atoms with Crippen LogP contribution in [-0.2, 0) is 16.8 Å². The number of aromatic hydroxyl groups is 2. The Kier molecular flexibility index (Phi) is 13.0. The Labute approximate surface area is 160 Å². The maximum Gasteiger partial charge on any atom is 0.124 e. The van der Waals surface area contributed by atoms with Crippen LogP contribution in [0.1, 0.15) is 37.8 Å². The molecule has 0 spiro atoms. The molecule has 0 aliphatic rings. The van der Waals surface area contributed by atoms with Gasteiger partial charge in [0.15, 0.2) is 0 Å². The molecule has 0 heterocycles. The first-order valence-electron chi connectivity index (χ1n) is 8.24. The third-order valence-corrected chi connectivity index (χ3v) is 3.04. The second kappa shape index (κ2) is 14.2. The third kappa shape index (κ3) is 9.69. The predicted molar refractivity (Wildman–Crippen MR) is 102 cm³/mol. The molecule has 25 heavy (non-hydrogen) atoms. The van der Waals surface area contributed by atoms with Crippen LogP contribution in [0.25, 0.3) is 0 Å². The molecular formula is C20H26CoN2O2. The van der Waals surface area contributed by atoms with Gasteiger partial charge in [0.25, 0.3) is 0 Å². The fourth-order valence-electron chi connectivity index (χ4n) is 1.78. The molecular weight excluding hydrogens is 359 g/mol. The minimum Gasteiger partial charge on any atom is -0.507 e. The molecule has 0 aliphatic heterocycles. The van der Waals surface area contributed by atoms with Gasteiger partial charge in [-0.05, 0) is 37.1 Å². The first kappa shape index (κ1) is 22.9. The summed E-state index contributed by atoms with van der Waals surface area (Å²) >= 11 is 0. The van der Waals surface area contributed by atoms with E-state index < -0.39 is 0 Å². The summed E-state index contributed by atoms with van der Waals surface area (Å²) in [7, 11) is 0. The van der Waals surface area contributed by atoms with Crippen molar-refractivity contribution in [2.75, 3.05) is 13.1 Å². The minimum atomic E-state index is 0. The Morgan fingerprint density at radius 3 is 1.40 bits per heavy atom. The number of benzene rings is 2. The molecule has 137 valence electrons. The van der Waals surface area contributed by atoms with Gasteiger partial charge in [-0.15, -0.1) is 0 Å². The normalized spacial score (nSPS) is 10.3. The van der Waals surface area contributed by atoms with Crippen molar-refractivity contribution >= 4 is 12.4 Å². The van der Waals surface area contributed by atoms with Crippen molar-refractivity contribution in [3.05, 3.63) is 59.7 Å². The molecule has 0 saturated heterocycles. The Balaban J connectivity index is 0.000000443. The van der Waals surface area contributed by atoms with E-state index in [-0.39, 0.29) is 28.3 Å². The molecule has 0 saturated carbocycles. The third-order valence-electron chi connectivity index (χ3n) is 3.04. The summed E-state index contributed by atoms with van der Waals surface area (Å²) < 4.78 is 0. The van der Waals surface area contributed by atoms with E-state index in [1.165, 1.54) is 0 Å². The van der Waals surface area contributed by atoms with E-state index in [0.717, 1.165) is 37.1 Å². The summed E-state index contributed by atoms with van der Waals surface area (Å²) in [6.07, 6.45) is 5.48. The molecule has 2 rings (SSSR count). The van der Waals surface area contributed by atoms with E-state index in [1.54, 1.807) is 36.7 Å². The largest absolute Gasteiger partial charge is 0.507 e. The van der Waals surface area contributed by atoms with Crippen molar-refractivity contribution < 1.29 is 27.0 Å². The van der Waals surface area contributed by atoms with Crippen LogP contribution in [0, 0.1) is 0 Å². The van der Waals surface area contributed by atoms with Gasteiger partial charge in [0.05, 0.1) is 0 Å². The molecule has 5 heteroatoms. The van der Waals surface area contributed by atoms with Crippen LogP contribution in [0.2, 0.25) is 0 Å². The number of hydrogen-bond donors (Lipinski definition) is 2. The van der Waals surface area contributed by atoms with Crippen LogP contribution in [0.4, 0.5) is 0 Å². The molecule has 0 atom stereocenters. The summed E-state index contributed by atoms with van der Waals surface area (Å²) in [5.74, 6) is 0.578. The molecule has 0 unspecified atom stereocenters. The van der Waals surface area contributed by atoms with Gasteiger partial charge in [-0.3, -0.25) is 9.98 Å². The molecule has 1 radical (unpaired) electrons. The topological polar surface area (TPSA) is 65.2 Å². The van der Waals surface area contributed by atoms with Gasteiger partial charge < -0.3 is 10.2 Å². The number of rotatable bonds is 6. The SMILES string of the molecule is CCCN=Cc1ccccc1O.CCCN=Cc1ccccc1O.[Co]. The van der Waals surface area contributed by atoms with Gasteiger partial charge >= 0.3 is 0 Å². The molecule has 0 aliphatic carbocycles. The van der Waals surface area contributed by atoms with E-state index in [4.69, 9.17) is 0 Å². The zero-order chi connectivity index (χ0) is 17.6. The van der Waals surface area contributed by atoms with Gasteiger partial charge in [0.2, 0.25) is 0 Å². The molecule has 4 nitrogen and oxygen atoms in total. The minimum absolute atomic E-state index is 0. The van der Waals surface area contributed by atoms with E-state index >= 15 is 0 Å². The van der Waals surface area contributed by atoms with Crippen LogP contribution in [0.15, 0.2) is 58.5 Å². The summed E-state index contributed by atoms with van der Waals surface area (Å²) in [5.41, 5.74) is 1.57. The summed E-state index contributed by atoms with van der Waals surface area (Å²) in [6.45, 7) is 5.77. The molecule has 2 aromatic rings. The van der Waals surface area contributed by atoms with Crippen molar-refractivity contribution in [2.24, 2.45) is 9.98 Å². The average Bonchev–Trinajstić information content (AvgIpc) is 2.59. The standard InChI is InChI=1S/2C10H13NO.Co/c2*1-2-7-11-8-9-5-3-4-6-10(9)12;/h2*3-6,8,12H,2,7H2,1H3;. The van der Waals surface area contributed by atoms with Gasteiger partial charge in [0, 0.05) is 53.4 Å². The summed E-state index contributed by atoms with van der Waals surface area (Å²) in [6, 6.07) is 14.4. The first-order valence-corrected chi connectivity index (χ1v) is 8.24. The fraction of sp³-hybridized carbons (Fsp3) is 0.300.